The van der Waals surface area contributed by atoms with Gasteiger partial charge in [0.05, 0.1) is 6.61 Å². The summed E-state index contributed by atoms with van der Waals surface area (Å²) in [7, 11) is 0. The number of piperazine rings is 1. The number of hydrogen-bond donors (Lipinski definition) is 1. The molecule has 0 aromatic rings. The van der Waals surface area contributed by atoms with Gasteiger partial charge in [0.15, 0.2) is 0 Å². The summed E-state index contributed by atoms with van der Waals surface area (Å²) in [6.45, 7) is 9.92. The topological polar surface area (TPSA) is 24.5 Å². The van der Waals surface area contributed by atoms with Crippen molar-refractivity contribution in [1.82, 2.24) is 10.2 Å². The van der Waals surface area contributed by atoms with E-state index in [2.05, 4.69) is 24.1 Å². The van der Waals surface area contributed by atoms with Gasteiger partial charge in [-0.1, -0.05) is 26.7 Å². The Bertz CT molecular complexity index is 243. The van der Waals surface area contributed by atoms with Gasteiger partial charge in [-0.2, -0.15) is 0 Å². The second kappa shape index (κ2) is 8.23. The average Bonchev–Trinajstić information content (AvgIpc) is 3.24. The zero-order chi connectivity index (χ0) is 13.5. The van der Waals surface area contributed by atoms with E-state index in [0.29, 0.717) is 6.04 Å². The van der Waals surface area contributed by atoms with Gasteiger partial charge in [-0.15, -0.1) is 0 Å². The Balaban J connectivity index is 1.71. The van der Waals surface area contributed by atoms with Crippen LogP contribution in [0.4, 0.5) is 0 Å². The summed E-state index contributed by atoms with van der Waals surface area (Å²) >= 11 is 0. The monoisotopic (exact) mass is 268 g/mol. The number of nitrogens with one attached hydrogen (secondary N) is 1. The third-order valence-electron chi connectivity index (χ3n) is 4.51. The molecule has 112 valence electrons. The quantitative estimate of drug-likeness (QED) is 0.651. The van der Waals surface area contributed by atoms with E-state index in [9.17, 15) is 0 Å². The Morgan fingerprint density at radius 1 is 1.16 bits per heavy atom. The lowest BCUT2D eigenvalue weighted by Crippen LogP contribution is -2.57. The van der Waals surface area contributed by atoms with Crippen LogP contribution in [0.5, 0.6) is 0 Å². The van der Waals surface area contributed by atoms with Crippen LogP contribution in [0.25, 0.3) is 0 Å². The largest absolute Gasteiger partial charge is 0.380 e. The second-order valence-electron chi connectivity index (χ2n) is 6.26. The van der Waals surface area contributed by atoms with Crippen LogP contribution in [0.1, 0.15) is 52.4 Å². The zero-order valence-corrected chi connectivity index (χ0v) is 12.9. The van der Waals surface area contributed by atoms with E-state index in [1.165, 1.54) is 51.6 Å². The van der Waals surface area contributed by atoms with Crippen molar-refractivity contribution in [3.8, 4) is 0 Å². The lowest BCUT2D eigenvalue weighted by Gasteiger charge is -2.40. The highest BCUT2D eigenvalue weighted by atomic mass is 16.5. The van der Waals surface area contributed by atoms with Crippen LogP contribution in [0, 0.1) is 5.92 Å². The van der Waals surface area contributed by atoms with Gasteiger partial charge in [0.1, 0.15) is 0 Å². The molecule has 0 aromatic carbocycles. The summed E-state index contributed by atoms with van der Waals surface area (Å²) < 4.78 is 5.76. The molecule has 2 fully saturated rings. The minimum atomic E-state index is 0.704. The van der Waals surface area contributed by atoms with Crippen molar-refractivity contribution in [1.29, 1.82) is 0 Å². The van der Waals surface area contributed by atoms with Gasteiger partial charge in [-0.25, -0.2) is 0 Å². The molecule has 1 aliphatic carbocycles. The maximum Gasteiger partial charge on any atom is 0.0593 e. The number of ether oxygens (including phenoxy) is 1. The Morgan fingerprint density at radius 3 is 2.68 bits per heavy atom. The van der Waals surface area contributed by atoms with E-state index >= 15 is 0 Å². The van der Waals surface area contributed by atoms with Gasteiger partial charge < -0.3 is 10.1 Å². The van der Waals surface area contributed by atoms with Gasteiger partial charge >= 0.3 is 0 Å². The minimum Gasteiger partial charge on any atom is -0.380 e. The van der Waals surface area contributed by atoms with Crippen molar-refractivity contribution in [2.45, 2.75) is 64.5 Å². The molecule has 0 amide bonds. The Hall–Kier alpha value is -0.120. The molecule has 3 nitrogen and oxygen atoms in total. The molecular weight excluding hydrogens is 236 g/mol. The van der Waals surface area contributed by atoms with Crippen molar-refractivity contribution < 1.29 is 4.74 Å². The summed E-state index contributed by atoms with van der Waals surface area (Å²) in [4.78, 5) is 2.71. The van der Waals surface area contributed by atoms with Gasteiger partial charge in [-0.05, 0) is 31.6 Å². The normalized spacial score (nSPS) is 28.7. The molecular formula is C16H32N2O. The highest BCUT2D eigenvalue weighted by Crippen LogP contribution is 2.36. The number of hydrogen-bond acceptors (Lipinski definition) is 3. The van der Waals surface area contributed by atoms with Crippen LogP contribution in [0.15, 0.2) is 0 Å². The molecule has 1 N–H and O–H groups in total. The molecule has 1 saturated carbocycles. The molecule has 0 radical (unpaired) electrons. The Morgan fingerprint density at radius 2 is 2.00 bits per heavy atom. The predicted octanol–water partition coefficient (Wildman–Crippen LogP) is 2.66. The van der Waals surface area contributed by atoms with Gasteiger partial charge in [0.25, 0.3) is 0 Å². The van der Waals surface area contributed by atoms with Gasteiger partial charge in [-0.3, -0.25) is 4.90 Å². The third-order valence-corrected chi connectivity index (χ3v) is 4.51. The molecule has 19 heavy (non-hydrogen) atoms. The van der Waals surface area contributed by atoms with E-state index in [4.69, 9.17) is 4.74 Å². The summed E-state index contributed by atoms with van der Waals surface area (Å²) in [5.74, 6) is 0.964. The van der Waals surface area contributed by atoms with Crippen LogP contribution in [-0.2, 0) is 4.74 Å². The van der Waals surface area contributed by atoms with E-state index in [1.54, 1.807) is 0 Å². The third kappa shape index (κ3) is 5.05. The van der Waals surface area contributed by atoms with Crippen molar-refractivity contribution in [2.24, 2.45) is 5.92 Å². The molecule has 2 atom stereocenters. The number of unbranched alkanes of at least 4 members (excludes halogenated alkanes) is 1. The van der Waals surface area contributed by atoms with Gasteiger partial charge in [0.2, 0.25) is 0 Å². The fourth-order valence-corrected chi connectivity index (χ4v) is 3.17. The molecule has 1 aliphatic heterocycles. The fourth-order valence-electron chi connectivity index (χ4n) is 3.17. The first kappa shape index (κ1) is 15.3. The molecule has 1 saturated heterocycles. The van der Waals surface area contributed by atoms with E-state index in [1.807, 2.05) is 0 Å². The zero-order valence-electron chi connectivity index (χ0n) is 12.9. The Labute approximate surface area is 119 Å². The highest BCUT2D eigenvalue weighted by molar-refractivity contribution is 4.94. The maximum atomic E-state index is 5.76. The molecule has 0 aromatic heterocycles. The molecule has 2 unspecified atom stereocenters. The number of nitrogens with zero attached hydrogens (tertiary/aromatic N) is 1. The summed E-state index contributed by atoms with van der Waals surface area (Å²) in [5.41, 5.74) is 0. The summed E-state index contributed by atoms with van der Waals surface area (Å²) in [6, 6.07) is 1.48. The van der Waals surface area contributed by atoms with Crippen molar-refractivity contribution >= 4 is 0 Å². The first-order valence-electron chi connectivity index (χ1n) is 8.40. The molecule has 3 heteroatoms. The van der Waals surface area contributed by atoms with E-state index in [0.717, 1.165) is 31.7 Å². The maximum absolute atomic E-state index is 5.76. The second-order valence-corrected chi connectivity index (χ2v) is 6.26. The van der Waals surface area contributed by atoms with Gasteiger partial charge in [0, 0.05) is 38.3 Å². The molecule has 0 bridgehead atoms. The van der Waals surface area contributed by atoms with Crippen LogP contribution in [0.2, 0.25) is 0 Å². The molecule has 2 aliphatic rings. The first-order chi connectivity index (χ1) is 9.35. The lowest BCUT2D eigenvalue weighted by atomic mass is 10.0. The Kier molecular flexibility index (Phi) is 6.62. The molecule has 0 spiro atoms. The van der Waals surface area contributed by atoms with Crippen LogP contribution >= 0.6 is 0 Å². The predicted molar refractivity (Wildman–Crippen MR) is 80.5 cm³/mol. The van der Waals surface area contributed by atoms with Crippen molar-refractivity contribution in [2.75, 3.05) is 32.8 Å². The standard InChI is InChI=1S/C16H32N2O/c1-3-5-10-19-11-9-18-13-15(6-4-2)17-12-16(18)14-7-8-14/h14-17H,3-13H2,1-2H3. The summed E-state index contributed by atoms with van der Waals surface area (Å²) in [5, 5.41) is 3.75. The molecule has 1 heterocycles. The molecule has 2 rings (SSSR count). The SMILES string of the molecule is CCCCOCCN1CC(CCC)NCC1C1CC1. The highest BCUT2D eigenvalue weighted by Gasteiger charge is 2.38. The first-order valence-corrected chi connectivity index (χ1v) is 8.40. The minimum absolute atomic E-state index is 0.704. The fraction of sp³-hybridized carbons (Fsp3) is 1.00. The van der Waals surface area contributed by atoms with Crippen LogP contribution in [0.3, 0.4) is 0 Å². The van der Waals surface area contributed by atoms with Crippen molar-refractivity contribution in [3.05, 3.63) is 0 Å². The van der Waals surface area contributed by atoms with Crippen molar-refractivity contribution in [3.63, 3.8) is 0 Å². The van der Waals surface area contributed by atoms with E-state index in [-0.39, 0.29) is 0 Å². The summed E-state index contributed by atoms with van der Waals surface area (Å²) in [6.07, 6.45) is 7.91. The average molecular weight is 268 g/mol. The van der Waals surface area contributed by atoms with Crippen LogP contribution in [-0.4, -0.2) is 49.8 Å². The smallest absolute Gasteiger partial charge is 0.0593 e. The van der Waals surface area contributed by atoms with Crippen LogP contribution < -0.4 is 5.32 Å². The lowest BCUT2D eigenvalue weighted by molar-refractivity contribution is 0.0562. The van der Waals surface area contributed by atoms with E-state index < -0.39 is 0 Å². The number of rotatable bonds is 9.